The molecule has 4 aromatic rings. The number of likely N-dealkylation sites (N-methyl/N-ethyl adjacent to an activating group) is 1. The molecule has 1 aromatic carbocycles. The van der Waals surface area contributed by atoms with Crippen LogP contribution in [0.15, 0.2) is 67.6 Å². The van der Waals surface area contributed by atoms with E-state index in [-0.39, 0.29) is 0 Å². The summed E-state index contributed by atoms with van der Waals surface area (Å²) in [6.07, 6.45) is 9.21. The van der Waals surface area contributed by atoms with Crippen molar-refractivity contribution in [3.05, 3.63) is 78.2 Å². The zero-order valence-electron chi connectivity index (χ0n) is 20.7. The molecule has 35 heavy (non-hydrogen) atoms. The number of hydrogen-bond donors (Lipinski definition) is 1. The Hall–Kier alpha value is -3.15. The quantitative estimate of drug-likeness (QED) is 0.317. The molecular weight excluding hydrogens is 454 g/mol. The summed E-state index contributed by atoms with van der Waals surface area (Å²) in [5.41, 5.74) is 5.84. The number of aromatic amines is 1. The van der Waals surface area contributed by atoms with E-state index in [4.69, 9.17) is 16.6 Å². The van der Waals surface area contributed by atoms with Crippen LogP contribution in [0.25, 0.3) is 39.3 Å². The first-order chi connectivity index (χ1) is 17.0. The highest BCUT2D eigenvalue weighted by Crippen LogP contribution is 2.29. The lowest BCUT2D eigenvalue weighted by Gasteiger charge is -2.35. The third-order valence-corrected chi connectivity index (χ3v) is 6.80. The Balaban J connectivity index is 0.000000191. The number of halogens is 1. The molecule has 0 aliphatic carbocycles. The molecule has 1 aliphatic rings. The van der Waals surface area contributed by atoms with E-state index < -0.39 is 0 Å². The number of pyridine rings is 2. The molecule has 4 heterocycles. The van der Waals surface area contributed by atoms with Gasteiger partial charge in [0.1, 0.15) is 5.65 Å². The van der Waals surface area contributed by atoms with Crippen LogP contribution >= 0.6 is 11.6 Å². The van der Waals surface area contributed by atoms with Crippen LogP contribution in [0.1, 0.15) is 31.7 Å². The zero-order valence-corrected chi connectivity index (χ0v) is 21.5. The average molecular weight is 488 g/mol. The number of aromatic nitrogens is 3. The maximum Gasteiger partial charge on any atom is 0.137 e. The lowest BCUT2D eigenvalue weighted by Crippen LogP contribution is -2.43. The van der Waals surface area contributed by atoms with E-state index in [1.54, 1.807) is 12.3 Å². The predicted molar refractivity (Wildman–Crippen MR) is 150 cm³/mol. The molecule has 0 bridgehead atoms. The number of benzene rings is 1. The van der Waals surface area contributed by atoms with Gasteiger partial charge in [0, 0.05) is 60.6 Å². The number of rotatable bonds is 6. The van der Waals surface area contributed by atoms with Crippen LogP contribution < -0.4 is 0 Å². The van der Waals surface area contributed by atoms with Gasteiger partial charge in [0.25, 0.3) is 0 Å². The van der Waals surface area contributed by atoms with Crippen LogP contribution in [0.5, 0.6) is 0 Å². The Labute approximate surface area is 213 Å². The maximum absolute atomic E-state index is 6.41. The maximum atomic E-state index is 6.41. The fourth-order valence-corrected chi connectivity index (χ4v) is 4.48. The summed E-state index contributed by atoms with van der Waals surface area (Å²) in [5, 5.41) is 2.67. The van der Waals surface area contributed by atoms with Crippen LogP contribution in [-0.2, 0) is 0 Å². The number of piperazine rings is 1. The standard InChI is InChI=1S/C18H12ClN3.C11H22N2/c1-2-11-3-4-14-15(19)9-16(22-17(14)7-11)13-8-12-5-6-20-18(12)21-10-13;1-4-5-6-11(2)13-9-7-12(3)8-10-13/h2-10H,1H2,(H,20,21);2,4-10H2,1,3H3. The number of nitrogens with one attached hydrogen (secondary N) is 1. The van der Waals surface area contributed by atoms with Gasteiger partial charge in [0.15, 0.2) is 0 Å². The molecule has 5 nitrogen and oxygen atoms in total. The topological polar surface area (TPSA) is 48.0 Å². The number of unbranched alkanes of at least 4 members (excludes halogenated alkanes) is 1. The molecule has 6 heteroatoms. The van der Waals surface area contributed by atoms with Gasteiger partial charge in [0.05, 0.1) is 16.2 Å². The molecule has 0 unspecified atom stereocenters. The monoisotopic (exact) mass is 487 g/mol. The van der Waals surface area contributed by atoms with Crippen LogP contribution in [0.2, 0.25) is 5.02 Å². The number of nitrogens with zero attached hydrogens (tertiary/aromatic N) is 4. The van der Waals surface area contributed by atoms with Gasteiger partial charge in [-0.3, -0.25) is 0 Å². The second-order valence-electron chi connectivity index (χ2n) is 9.07. The van der Waals surface area contributed by atoms with Crippen molar-refractivity contribution in [2.75, 3.05) is 33.2 Å². The van der Waals surface area contributed by atoms with Crippen molar-refractivity contribution >= 4 is 39.6 Å². The highest BCUT2D eigenvalue weighted by molar-refractivity contribution is 6.35. The minimum absolute atomic E-state index is 0.685. The molecule has 0 amide bonds. The summed E-state index contributed by atoms with van der Waals surface area (Å²) >= 11 is 6.41. The van der Waals surface area contributed by atoms with Gasteiger partial charge in [-0.05, 0) is 49.7 Å². The first kappa shape index (κ1) is 25.0. The molecule has 0 spiro atoms. The van der Waals surface area contributed by atoms with E-state index in [1.807, 2.05) is 36.5 Å². The molecular formula is C29H34ClN5. The molecule has 0 atom stereocenters. The molecule has 5 rings (SSSR count). The summed E-state index contributed by atoms with van der Waals surface area (Å²) in [5.74, 6) is 0. The largest absolute Gasteiger partial charge is 0.373 e. The summed E-state index contributed by atoms with van der Waals surface area (Å²) in [6.45, 7) is 14.9. The van der Waals surface area contributed by atoms with Gasteiger partial charge in [-0.15, -0.1) is 0 Å². The van der Waals surface area contributed by atoms with E-state index in [2.05, 4.69) is 53.0 Å². The van der Waals surface area contributed by atoms with Gasteiger partial charge >= 0.3 is 0 Å². The fraction of sp³-hybridized carbons (Fsp3) is 0.310. The van der Waals surface area contributed by atoms with E-state index in [0.29, 0.717) is 5.02 Å². The van der Waals surface area contributed by atoms with E-state index in [9.17, 15) is 0 Å². The third kappa shape index (κ3) is 6.11. The summed E-state index contributed by atoms with van der Waals surface area (Å²) in [7, 11) is 2.19. The number of H-pyrrole nitrogens is 1. The normalized spacial score (nSPS) is 14.1. The lowest BCUT2D eigenvalue weighted by molar-refractivity contribution is 0.182. The SMILES string of the molecule is C=C(CCCC)N1CCN(C)CC1.C=Cc1ccc2c(Cl)cc(-c3cnc4[nH]ccc4c3)nc2c1. The van der Waals surface area contributed by atoms with Crippen LogP contribution in [0.4, 0.5) is 0 Å². The van der Waals surface area contributed by atoms with Crippen molar-refractivity contribution in [2.45, 2.75) is 26.2 Å². The van der Waals surface area contributed by atoms with Crippen molar-refractivity contribution in [3.63, 3.8) is 0 Å². The Morgan fingerprint density at radius 3 is 2.69 bits per heavy atom. The Kier molecular flexibility index (Phi) is 8.21. The van der Waals surface area contributed by atoms with Crippen LogP contribution in [0.3, 0.4) is 0 Å². The molecule has 1 saturated heterocycles. The lowest BCUT2D eigenvalue weighted by atomic mass is 10.1. The third-order valence-electron chi connectivity index (χ3n) is 6.48. The van der Waals surface area contributed by atoms with E-state index in [1.165, 1.54) is 51.1 Å². The van der Waals surface area contributed by atoms with E-state index >= 15 is 0 Å². The van der Waals surface area contributed by atoms with Gasteiger partial charge in [0.2, 0.25) is 0 Å². The van der Waals surface area contributed by atoms with E-state index in [0.717, 1.165) is 38.8 Å². The Bertz CT molecular complexity index is 1320. The number of hydrogen-bond acceptors (Lipinski definition) is 4. The van der Waals surface area contributed by atoms with Crippen LogP contribution in [0, 0.1) is 0 Å². The van der Waals surface area contributed by atoms with Gasteiger partial charge in [-0.1, -0.05) is 56.3 Å². The summed E-state index contributed by atoms with van der Waals surface area (Å²) in [6, 6.07) is 11.9. The van der Waals surface area contributed by atoms with Crippen molar-refractivity contribution in [3.8, 4) is 11.3 Å². The van der Waals surface area contributed by atoms with Gasteiger partial charge in [-0.2, -0.15) is 0 Å². The second-order valence-corrected chi connectivity index (χ2v) is 9.48. The van der Waals surface area contributed by atoms with Crippen molar-refractivity contribution in [2.24, 2.45) is 0 Å². The smallest absolute Gasteiger partial charge is 0.137 e. The molecule has 0 radical (unpaired) electrons. The number of allylic oxidation sites excluding steroid dienone is 1. The molecule has 1 aliphatic heterocycles. The molecule has 3 aromatic heterocycles. The van der Waals surface area contributed by atoms with Crippen molar-refractivity contribution < 1.29 is 0 Å². The number of fused-ring (bicyclic) bond motifs is 2. The second kappa shape index (κ2) is 11.5. The highest BCUT2D eigenvalue weighted by atomic mass is 35.5. The van der Waals surface area contributed by atoms with Crippen molar-refractivity contribution in [1.82, 2.24) is 24.8 Å². The zero-order chi connectivity index (χ0) is 24.8. The molecule has 182 valence electrons. The average Bonchev–Trinajstić information content (AvgIpc) is 3.35. The van der Waals surface area contributed by atoms with Gasteiger partial charge in [-0.25, -0.2) is 9.97 Å². The van der Waals surface area contributed by atoms with Gasteiger partial charge < -0.3 is 14.8 Å². The Morgan fingerprint density at radius 2 is 1.94 bits per heavy atom. The first-order valence-electron chi connectivity index (χ1n) is 12.3. The highest BCUT2D eigenvalue weighted by Gasteiger charge is 2.14. The molecule has 1 N–H and O–H groups in total. The first-order valence-corrected chi connectivity index (χ1v) is 12.6. The minimum Gasteiger partial charge on any atom is -0.373 e. The summed E-state index contributed by atoms with van der Waals surface area (Å²) in [4.78, 5) is 17.0. The summed E-state index contributed by atoms with van der Waals surface area (Å²) < 4.78 is 0. The van der Waals surface area contributed by atoms with Crippen molar-refractivity contribution in [1.29, 1.82) is 0 Å². The fourth-order valence-electron chi connectivity index (χ4n) is 4.22. The van der Waals surface area contributed by atoms with Crippen LogP contribution in [-0.4, -0.2) is 58.0 Å². The minimum atomic E-state index is 0.685. The molecule has 0 saturated carbocycles. The Morgan fingerprint density at radius 1 is 1.14 bits per heavy atom. The predicted octanol–water partition coefficient (Wildman–Crippen LogP) is 7.01. The molecule has 1 fully saturated rings.